The monoisotopic (exact) mass is 108 g/mol. The van der Waals surface area contributed by atoms with Gasteiger partial charge in [-0.2, -0.15) is 0 Å². The van der Waals surface area contributed by atoms with Gasteiger partial charge in [-0.3, -0.25) is 0 Å². The van der Waals surface area contributed by atoms with Gasteiger partial charge >= 0.3 is 0 Å². The minimum atomic E-state index is 1.32. The van der Waals surface area contributed by atoms with E-state index in [-0.39, 0.29) is 0 Å². The Morgan fingerprint density at radius 1 is 1.20 bits per heavy atom. The molecule has 1 rings (SSSR count). The van der Waals surface area contributed by atoms with Crippen molar-refractivity contribution in [2.45, 2.75) is 0 Å². The maximum atomic E-state index is 2.19. The summed E-state index contributed by atoms with van der Waals surface area (Å²) in [6, 6.07) is 0. The Labute approximate surface area is 40.2 Å². The first-order valence-electron chi connectivity index (χ1n) is 1.55. The molecule has 1 heterocycles. The van der Waals surface area contributed by atoms with E-state index < -0.39 is 0 Å². The lowest BCUT2D eigenvalue weighted by Crippen LogP contribution is -2.62. The third-order valence-electron chi connectivity index (χ3n) is 0.455. The van der Waals surface area contributed by atoms with E-state index in [0.717, 1.165) is 0 Å². The topological polar surface area (TPSA) is 16.6 Å². The lowest BCUT2D eigenvalue weighted by Gasteiger charge is -1.67. The molecule has 0 spiro atoms. The van der Waals surface area contributed by atoms with E-state index in [4.69, 9.17) is 0 Å². The molecule has 0 radical (unpaired) electrons. The summed E-state index contributed by atoms with van der Waals surface area (Å²) in [5, 5.41) is 0. The summed E-state index contributed by atoms with van der Waals surface area (Å²) in [5.74, 6) is 2.65. The van der Waals surface area contributed by atoms with Crippen molar-refractivity contribution < 1.29 is 4.13 Å². The summed E-state index contributed by atoms with van der Waals surface area (Å²) in [4.78, 5) is 0. The van der Waals surface area contributed by atoms with Crippen molar-refractivity contribution in [2.75, 3.05) is 11.5 Å². The number of hydrogen-bond donors (Lipinski definition) is 1. The van der Waals surface area contributed by atoms with E-state index in [1.165, 1.54) is 11.5 Å². The van der Waals surface area contributed by atoms with Gasteiger partial charge in [0.1, 0.15) is 0 Å². The number of quaternary nitrogens is 1. The van der Waals surface area contributed by atoms with Gasteiger partial charge in [0.15, 0.2) is 0 Å². The summed E-state index contributed by atoms with van der Waals surface area (Å²) in [6.45, 7) is 0. The van der Waals surface area contributed by atoms with Crippen molar-refractivity contribution >= 4 is 23.9 Å². The van der Waals surface area contributed by atoms with E-state index in [1.54, 1.807) is 0 Å². The highest BCUT2D eigenvalue weighted by atomic mass is 32.2. The van der Waals surface area contributed by atoms with Gasteiger partial charge in [0.05, 0.1) is 35.4 Å². The zero-order valence-corrected chi connectivity index (χ0v) is 4.44. The van der Waals surface area contributed by atoms with Gasteiger partial charge in [0, 0.05) is 0 Å². The van der Waals surface area contributed by atoms with Crippen molar-refractivity contribution in [1.82, 2.24) is 0 Å². The lowest BCUT2D eigenvalue weighted by molar-refractivity contribution is -0.263. The standard InChI is InChI=1S/C2H5NS2/c1-2-5-3-4-1/h3H,1-2H2/p+1. The van der Waals surface area contributed by atoms with Gasteiger partial charge in [-0.05, 0) is 0 Å². The van der Waals surface area contributed by atoms with Crippen LogP contribution in [0.25, 0.3) is 0 Å². The molecule has 0 bridgehead atoms. The fourth-order valence-electron chi connectivity index (χ4n) is 0.241. The van der Waals surface area contributed by atoms with Crippen LogP contribution in [0.3, 0.4) is 0 Å². The summed E-state index contributed by atoms with van der Waals surface area (Å²) >= 11 is 3.82. The molecule has 1 aliphatic rings. The Bertz CT molecular complexity index is 19.2. The van der Waals surface area contributed by atoms with Crippen molar-refractivity contribution in [3.63, 3.8) is 0 Å². The lowest BCUT2D eigenvalue weighted by atomic mass is 11.0. The zero-order valence-electron chi connectivity index (χ0n) is 2.81. The van der Waals surface area contributed by atoms with E-state index >= 15 is 0 Å². The molecule has 30 valence electrons. The summed E-state index contributed by atoms with van der Waals surface area (Å²) in [5.41, 5.74) is 0. The maximum Gasteiger partial charge on any atom is 0.0842 e. The van der Waals surface area contributed by atoms with Crippen molar-refractivity contribution in [3.05, 3.63) is 0 Å². The smallest absolute Gasteiger partial charge is 0.0842 e. The van der Waals surface area contributed by atoms with Gasteiger partial charge < -0.3 is 0 Å². The van der Waals surface area contributed by atoms with E-state index in [1.807, 2.05) is 23.9 Å². The van der Waals surface area contributed by atoms with Crippen LogP contribution in [-0.4, -0.2) is 11.5 Å². The van der Waals surface area contributed by atoms with Crippen LogP contribution in [0.4, 0.5) is 0 Å². The Morgan fingerprint density at radius 2 is 1.80 bits per heavy atom. The van der Waals surface area contributed by atoms with Crippen molar-refractivity contribution in [3.8, 4) is 0 Å². The molecule has 0 aromatic heterocycles. The number of hydrogen-bond acceptors (Lipinski definition) is 2. The molecule has 0 aromatic rings. The molecule has 0 amide bonds. The van der Waals surface area contributed by atoms with Gasteiger partial charge in [-0.15, -0.1) is 0 Å². The van der Waals surface area contributed by atoms with E-state index in [9.17, 15) is 0 Å². The van der Waals surface area contributed by atoms with E-state index in [2.05, 4.69) is 4.13 Å². The molecule has 0 aliphatic carbocycles. The molecule has 1 nitrogen and oxygen atoms in total. The average Bonchev–Trinajstić information content (AvgIpc) is 1.76. The molecule has 0 unspecified atom stereocenters. The summed E-state index contributed by atoms with van der Waals surface area (Å²) in [7, 11) is 0. The average molecular weight is 108 g/mol. The Balaban J connectivity index is 2.08. The zero-order chi connectivity index (χ0) is 3.54. The first kappa shape index (κ1) is 3.84. The molecule has 5 heavy (non-hydrogen) atoms. The minimum Gasteiger partial charge on any atom is -0.223 e. The van der Waals surface area contributed by atoms with Crippen molar-refractivity contribution in [2.24, 2.45) is 0 Å². The first-order valence-corrected chi connectivity index (χ1v) is 3.65. The third kappa shape index (κ3) is 1.03. The second kappa shape index (κ2) is 1.95. The highest BCUT2D eigenvalue weighted by Crippen LogP contribution is 1.99. The predicted octanol–water partition coefficient (Wildman–Crippen LogP) is -0.140. The maximum absolute atomic E-state index is 2.19. The summed E-state index contributed by atoms with van der Waals surface area (Å²) in [6.07, 6.45) is 0. The predicted molar refractivity (Wildman–Crippen MR) is 26.8 cm³/mol. The second-order valence-corrected chi connectivity index (χ2v) is 3.09. The normalized spacial score (nSPS) is 24.0. The van der Waals surface area contributed by atoms with Crippen LogP contribution in [0, 0.1) is 0 Å². The molecule has 1 aliphatic heterocycles. The molecule has 3 heteroatoms. The quantitative estimate of drug-likeness (QED) is 0.435. The van der Waals surface area contributed by atoms with Crippen LogP contribution < -0.4 is 4.13 Å². The Morgan fingerprint density at radius 3 is 2.00 bits per heavy atom. The molecular weight excluding hydrogens is 102 g/mol. The molecule has 2 N–H and O–H groups in total. The van der Waals surface area contributed by atoms with Crippen LogP contribution in [-0.2, 0) is 0 Å². The third-order valence-corrected chi connectivity index (χ3v) is 2.68. The minimum absolute atomic E-state index is 1.32. The van der Waals surface area contributed by atoms with Crippen LogP contribution >= 0.6 is 23.9 Å². The Hall–Kier alpha value is 0.660. The van der Waals surface area contributed by atoms with Crippen LogP contribution in [0.2, 0.25) is 0 Å². The largest absolute Gasteiger partial charge is 0.223 e. The number of rotatable bonds is 0. The molecule has 0 saturated carbocycles. The first-order chi connectivity index (χ1) is 2.50. The fourth-order valence-corrected chi connectivity index (χ4v) is 2.17. The molecular formula is C2H6NS2+. The van der Waals surface area contributed by atoms with Gasteiger partial charge in [-0.25, -0.2) is 4.13 Å². The summed E-state index contributed by atoms with van der Waals surface area (Å²) < 4.78 is 2.19. The highest BCUT2D eigenvalue weighted by Gasteiger charge is 2.02. The molecule has 1 saturated heterocycles. The fraction of sp³-hybridized carbons (Fsp3) is 1.00. The van der Waals surface area contributed by atoms with E-state index in [0.29, 0.717) is 0 Å². The molecule has 0 aromatic carbocycles. The Kier molecular flexibility index (Phi) is 1.50. The highest BCUT2D eigenvalue weighted by molar-refractivity contribution is 8.07. The van der Waals surface area contributed by atoms with Gasteiger partial charge in [0.2, 0.25) is 0 Å². The van der Waals surface area contributed by atoms with Gasteiger partial charge in [0.25, 0.3) is 0 Å². The van der Waals surface area contributed by atoms with Crippen molar-refractivity contribution in [1.29, 1.82) is 0 Å². The van der Waals surface area contributed by atoms with Crippen LogP contribution in [0.15, 0.2) is 0 Å². The molecule has 0 atom stereocenters. The second-order valence-electron chi connectivity index (χ2n) is 0.838. The van der Waals surface area contributed by atoms with Crippen LogP contribution in [0.5, 0.6) is 0 Å². The SMILES string of the molecule is C1CS[NH2+]S1. The van der Waals surface area contributed by atoms with Gasteiger partial charge in [-0.1, -0.05) is 0 Å². The number of nitrogens with two attached hydrogens (primary N) is 1. The molecule has 1 fully saturated rings. The van der Waals surface area contributed by atoms with Crippen LogP contribution in [0.1, 0.15) is 0 Å².